The molecule has 0 saturated heterocycles. The highest BCUT2D eigenvalue weighted by molar-refractivity contribution is 7.10. The van der Waals surface area contributed by atoms with Crippen molar-refractivity contribution in [2.45, 2.75) is 0 Å². The van der Waals surface area contributed by atoms with Crippen LogP contribution >= 0.6 is 11.3 Å². The van der Waals surface area contributed by atoms with E-state index in [-0.39, 0.29) is 10.8 Å². The Morgan fingerprint density at radius 3 is 2.40 bits per heavy atom. The number of thiazole rings is 1. The van der Waals surface area contributed by atoms with Crippen molar-refractivity contribution in [3.8, 4) is 11.6 Å². The molecule has 0 amide bonds. The highest BCUT2D eigenvalue weighted by Gasteiger charge is 2.18. The molecule has 1 N–H and O–H groups in total. The van der Waals surface area contributed by atoms with Gasteiger partial charge in [-0.15, -0.1) is 5.10 Å². The van der Waals surface area contributed by atoms with Gasteiger partial charge in [-0.1, -0.05) is 59.9 Å². The lowest BCUT2D eigenvalue weighted by molar-refractivity contribution is 0.440. The first-order chi connectivity index (χ1) is 12.2. The molecule has 1 aliphatic heterocycles. The third kappa shape index (κ3) is 2.83. The molecule has 0 saturated carbocycles. The van der Waals surface area contributed by atoms with Crippen molar-refractivity contribution in [3.63, 3.8) is 0 Å². The van der Waals surface area contributed by atoms with E-state index in [2.05, 4.69) is 10.2 Å². The fourth-order valence-electron chi connectivity index (χ4n) is 2.62. The Kier molecular flexibility index (Phi) is 3.87. The maximum Gasteiger partial charge on any atom is 0.315 e. The lowest BCUT2D eigenvalue weighted by Crippen LogP contribution is -2.09. The van der Waals surface area contributed by atoms with Crippen LogP contribution in [0.1, 0.15) is 10.4 Å². The van der Waals surface area contributed by atoms with Gasteiger partial charge < -0.3 is 5.11 Å². The van der Waals surface area contributed by atoms with Gasteiger partial charge in [0.25, 0.3) is 0 Å². The third-order valence-corrected chi connectivity index (χ3v) is 4.67. The van der Waals surface area contributed by atoms with Crippen LogP contribution < -0.4 is 4.87 Å². The van der Waals surface area contributed by atoms with Gasteiger partial charge in [0.2, 0.25) is 5.88 Å². The average Bonchev–Trinajstić information content (AvgIpc) is 3.21. The number of benzene rings is 2. The Morgan fingerprint density at radius 2 is 1.68 bits per heavy atom. The number of nitrogens with zero attached hydrogens (tertiary/aromatic N) is 3. The van der Waals surface area contributed by atoms with E-state index in [1.807, 2.05) is 48.5 Å². The van der Waals surface area contributed by atoms with Gasteiger partial charge >= 0.3 is 4.87 Å². The molecule has 122 valence electrons. The zero-order valence-corrected chi connectivity index (χ0v) is 13.9. The van der Waals surface area contributed by atoms with E-state index in [1.54, 1.807) is 24.4 Å². The van der Waals surface area contributed by atoms with Crippen LogP contribution in [-0.2, 0) is 0 Å². The molecule has 0 spiro atoms. The first kappa shape index (κ1) is 15.3. The van der Waals surface area contributed by atoms with E-state index >= 15 is 0 Å². The largest absolute Gasteiger partial charge is 0.493 e. The first-order valence-electron chi connectivity index (χ1n) is 7.63. The standard InChI is InChI=1S/C19H13N3O2S/c23-18-16(25-19(24)22(18)15-9-5-2-6-10-15)11-14-12-20-21-17(14)13-7-3-1-4-8-13/h1-12,23H/b14-11-. The summed E-state index contributed by atoms with van der Waals surface area (Å²) >= 11 is 0.984. The summed E-state index contributed by atoms with van der Waals surface area (Å²) in [7, 11) is 0. The van der Waals surface area contributed by atoms with Crippen molar-refractivity contribution < 1.29 is 5.11 Å². The minimum Gasteiger partial charge on any atom is -0.493 e. The number of aromatic nitrogens is 1. The normalized spacial score (nSPS) is 14.9. The number of aromatic hydroxyl groups is 1. The number of para-hydroxylation sites is 1. The summed E-state index contributed by atoms with van der Waals surface area (Å²) < 4.78 is 1.29. The van der Waals surface area contributed by atoms with Gasteiger partial charge in [0.05, 0.1) is 16.8 Å². The van der Waals surface area contributed by atoms with E-state index in [0.717, 1.165) is 22.5 Å². The third-order valence-electron chi connectivity index (χ3n) is 3.79. The summed E-state index contributed by atoms with van der Waals surface area (Å²) in [5.74, 6) is -0.0820. The molecule has 0 atom stereocenters. The van der Waals surface area contributed by atoms with Crippen molar-refractivity contribution >= 4 is 29.3 Å². The SMILES string of the molecule is O=c1sc(/C=C2/C=NN=C2c2ccccc2)c(O)n1-c1ccccc1. The minimum absolute atomic E-state index is 0.0820. The maximum atomic E-state index is 12.3. The summed E-state index contributed by atoms with van der Waals surface area (Å²) in [6.45, 7) is 0. The van der Waals surface area contributed by atoms with Crippen LogP contribution in [0.4, 0.5) is 0 Å². The molecular formula is C19H13N3O2S. The summed E-state index contributed by atoms with van der Waals surface area (Å²) in [5, 5.41) is 18.6. The van der Waals surface area contributed by atoms with Crippen LogP contribution in [0.25, 0.3) is 11.8 Å². The van der Waals surface area contributed by atoms with Gasteiger partial charge in [-0.05, 0) is 18.2 Å². The van der Waals surface area contributed by atoms with Crippen molar-refractivity contribution in [2.24, 2.45) is 10.2 Å². The van der Waals surface area contributed by atoms with Gasteiger partial charge in [-0.2, -0.15) is 5.10 Å². The number of allylic oxidation sites excluding steroid dienone is 1. The summed E-state index contributed by atoms with van der Waals surface area (Å²) in [6, 6.07) is 18.7. The highest BCUT2D eigenvalue weighted by atomic mass is 32.1. The minimum atomic E-state index is -0.247. The van der Waals surface area contributed by atoms with Gasteiger partial charge in [0.1, 0.15) is 5.71 Å². The Labute approximate surface area is 147 Å². The molecule has 0 bridgehead atoms. The molecule has 3 aromatic rings. The van der Waals surface area contributed by atoms with Crippen LogP contribution in [0.5, 0.6) is 5.88 Å². The van der Waals surface area contributed by atoms with E-state index in [9.17, 15) is 9.90 Å². The molecular weight excluding hydrogens is 334 g/mol. The van der Waals surface area contributed by atoms with Crippen molar-refractivity contribution in [1.29, 1.82) is 0 Å². The summed E-state index contributed by atoms with van der Waals surface area (Å²) in [6.07, 6.45) is 3.36. The Balaban J connectivity index is 1.77. The topological polar surface area (TPSA) is 66.9 Å². The van der Waals surface area contributed by atoms with E-state index in [1.165, 1.54) is 4.57 Å². The maximum absolute atomic E-state index is 12.3. The predicted molar refractivity (Wildman–Crippen MR) is 101 cm³/mol. The smallest absolute Gasteiger partial charge is 0.315 e. The van der Waals surface area contributed by atoms with Gasteiger partial charge in [-0.25, -0.2) is 4.57 Å². The lowest BCUT2D eigenvalue weighted by Gasteiger charge is -2.03. The molecule has 4 rings (SSSR count). The molecule has 1 aliphatic rings. The van der Waals surface area contributed by atoms with Crippen LogP contribution in [0.3, 0.4) is 0 Å². The second-order valence-corrected chi connectivity index (χ2v) is 6.38. The molecule has 0 unspecified atom stereocenters. The Hall–Kier alpha value is -3.25. The molecule has 0 aliphatic carbocycles. The quantitative estimate of drug-likeness (QED) is 0.788. The zero-order valence-electron chi connectivity index (χ0n) is 13.0. The number of rotatable bonds is 3. The highest BCUT2D eigenvalue weighted by Crippen LogP contribution is 2.27. The predicted octanol–water partition coefficient (Wildman–Crippen LogP) is 3.48. The Bertz CT molecular complexity index is 1060. The summed E-state index contributed by atoms with van der Waals surface area (Å²) in [4.78, 5) is 12.5. The van der Waals surface area contributed by atoms with Gasteiger partial charge in [0, 0.05) is 11.1 Å². The van der Waals surface area contributed by atoms with E-state index in [4.69, 9.17) is 0 Å². The van der Waals surface area contributed by atoms with E-state index < -0.39 is 0 Å². The number of hydrogen-bond acceptors (Lipinski definition) is 5. The van der Waals surface area contributed by atoms with Crippen molar-refractivity contribution in [2.75, 3.05) is 0 Å². The first-order valence-corrected chi connectivity index (χ1v) is 8.44. The molecule has 0 fully saturated rings. The van der Waals surface area contributed by atoms with Gasteiger partial charge in [0.15, 0.2) is 0 Å². The molecule has 6 heteroatoms. The molecule has 5 nitrogen and oxygen atoms in total. The van der Waals surface area contributed by atoms with Crippen molar-refractivity contribution in [1.82, 2.24) is 4.57 Å². The monoisotopic (exact) mass is 347 g/mol. The van der Waals surface area contributed by atoms with Crippen LogP contribution in [-0.4, -0.2) is 21.6 Å². The number of hydrogen-bond donors (Lipinski definition) is 1. The second kappa shape index (κ2) is 6.33. The molecule has 0 radical (unpaired) electrons. The molecule has 2 heterocycles. The molecule has 25 heavy (non-hydrogen) atoms. The fourth-order valence-corrected chi connectivity index (χ4v) is 3.46. The summed E-state index contributed by atoms with van der Waals surface area (Å²) in [5.41, 5.74) is 3.03. The fraction of sp³-hybridized carbons (Fsp3) is 0. The molecule has 2 aromatic carbocycles. The molecule has 1 aromatic heterocycles. The van der Waals surface area contributed by atoms with Crippen LogP contribution in [0, 0.1) is 0 Å². The lowest BCUT2D eigenvalue weighted by atomic mass is 10.0. The van der Waals surface area contributed by atoms with Crippen LogP contribution in [0.2, 0.25) is 0 Å². The van der Waals surface area contributed by atoms with Gasteiger partial charge in [-0.3, -0.25) is 4.79 Å². The second-order valence-electron chi connectivity index (χ2n) is 5.39. The van der Waals surface area contributed by atoms with E-state index in [0.29, 0.717) is 16.3 Å². The van der Waals surface area contributed by atoms with Crippen molar-refractivity contribution in [3.05, 3.63) is 86.3 Å². The Morgan fingerprint density at radius 1 is 1.00 bits per heavy atom. The average molecular weight is 347 g/mol. The van der Waals surface area contributed by atoms with Crippen LogP contribution in [0.15, 0.2) is 81.2 Å². The zero-order chi connectivity index (χ0) is 17.2.